The number of nitro benzene ring substituents is 1. The van der Waals surface area contributed by atoms with Crippen molar-refractivity contribution in [2.75, 3.05) is 26.3 Å². The molecule has 0 radical (unpaired) electrons. The predicted molar refractivity (Wildman–Crippen MR) is 138 cm³/mol. The largest absolute Gasteiger partial charge is 0.438 e. The minimum absolute atomic E-state index is 0.0176. The first kappa shape index (κ1) is 30.0. The Hall–Kier alpha value is -4.02. The number of benzene rings is 2. The zero-order valence-electron chi connectivity index (χ0n) is 22.0. The Labute approximate surface area is 232 Å². The van der Waals surface area contributed by atoms with E-state index in [4.69, 9.17) is 9.47 Å². The lowest BCUT2D eigenvalue weighted by Crippen LogP contribution is -2.40. The molecule has 2 aromatic carbocycles. The van der Waals surface area contributed by atoms with Crippen LogP contribution in [0, 0.1) is 17.0 Å². The molecule has 0 unspecified atom stereocenters. The molecule has 3 aromatic rings. The standard InChI is InChI=1S/C25H26F3N5O7S/c1-3-32-24(16(2)22(30-32)23(34)29-15-17-5-4-6-18(13-17)25(26,27)28)40-20-8-7-19(33(35)36)14-21(20)41(37,38)31-9-11-39-12-10-31/h4-8,13-14H,3,9-12,15H2,1-2H3,(H,29,34). The zero-order valence-corrected chi connectivity index (χ0v) is 22.8. The highest BCUT2D eigenvalue weighted by Gasteiger charge is 2.33. The van der Waals surface area contributed by atoms with Gasteiger partial charge in [0.25, 0.3) is 11.6 Å². The van der Waals surface area contributed by atoms with Gasteiger partial charge in [-0.15, -0.1) is 0 Å². The number of halogens is 3. The van der Waals surface area contributed by atoms with Gasteiger partial charge in [0.15, 0.2) is 5.69 Å². The molecule has 1 amide bonds. The number of hydrogen-bond donors (Lipinski definition) is 1. The summed E-state index contributed by atoms with van der Waals surface area (Å²) < 4.78 is 79.6. The third-order valence-corrected chi connectivity index (χ3v) is 8.21. The number of aromatic nitrogens is 2. The fraction of sp³-hybridized carbons (Fsp3) is 0.360. The Kier molecular flexibility index (Phi) is 8.65. The van der Waals surface area contributed by atoms with E-state index >= 15 is 0 Å². The number of alkyl halides is 3. The number of aryl methyl sites for hydroxylation is 1. The Morgan fingerprint density at radius 3 is 2.54 bits per heavy atom. The Morgan fingerprint density at radius 1 is 1.20 bits per heavy atom. The van der Waals surface area contributed by atoms with E-state index in [1.165, 1.54) is 23.7 Å². The fourth-order valence-corrected chi connectivity index (χ4v) is 5.69. The maximum Gasteiger partial charge on any atom is 0.416 e. The smallest absolute Gasteiger partial charge is 0.416 e. The number of nitro groups is 1. The number of amides is 1. The summed E-state index contributed by atoms with van der Waals surface area (Å²) in [6.07, 6.45) is -4.53. The number of nitrogens with one attached hydrogen (secondary N) is 1. The highest BCUT2D eigenvalue weighted by Crippen LogP contribution is 2.36. The van der Waals surface area contributed by atoms with Gasteiger partial charge < -0.3 is 14.8 Å². The van der Waals surface area contributed by atoms with E-state index < -0.39 is 43.2 Å². The van der Waals surface area contributed by atoms with Crippen molar-refractivity contribution in [3.8, 4) is 11.6 Å². The molecule has 1 aromatic heterocycles. The molecule has 1 aliphatic heterocycles. The van der Waals surface area contributed by atoms with Crippen LogP contribution < -0.4 is 10.1 Å². The summed E-state index contributed by atoms with van der Waals surface area (Å²) in [5.41, 5.74) is -0.951. The van der Waals surface area contributed by atoms with E-state index in [9.17, 15) is 36.5 Å². The van der Waals surface area contributed by atoms with Gasteiger partial charge in [-0.1, -0.05) is 12.1 Å². The van der Waals surface area contributed by atoms with Crippen molar-refractivity contribution in [1.82, 2.24) is 19.4 Å². The first-order valence-electron chi connectivity index (χ1n) is 12.4. The molecule has 1 saturated heterocycles. The molecule has 220 valence electrons. The van der Waals surface area contributed by atoms with Gasteiger partial charge >= 0.3 is 6.18 Å². The number of rotatable bonds is 9. The molecule has 0 bridgehead atoms. The summed E-state index contributed by atoms with van der Waals surface area (Å²) in [6.45, 7) is 3.62. The van der Waals surface area contributed by atoms with E-state index in [0.29, 0.717) is 0 Å². The topological polar surface area (TPSA) is 146 Å². The first-order valence-corrected chi connectivity index (χ1v) is 13.8. The number of non-ortho nitro benzene ring substituents is 1. The molecule has 4 rings (SSSR count). The summed E-state index contributed by atoms with van der Waals surface area (Å²) in [5, 5.41) is 18.2. The molecule has 0 atom stereocenters. The SMILES string of the molecule is CCn1nc(C(=O)NCc2cccc(C(F)(F)F)c2)c(C)c1Oc1ccc([N+](=O)[O-])cc1S(=O)(=O)N1CCOCC1. The molecule has 1 aliphatic rings. The average molecular weight is 598 g/mol. The fourth-order valence-electron chi connectivity index (χ4n) is 4.15. The third-order valence-electron chi connectivity index (χ3n) is 6.29. The zero-order chi connectivity index (χ0) is 29.9. The van der Waals surface area contributed by atoms with Crippen LogP contribution in [0.25, 0.3) is 0 Å². The highest BCUT2D eigenvalue weighted by molar-refractivity contribution is 7.89. The molecule has 1 N–H and O–H groups in total. The number of sulfonamides is 1. The molecule has 16 heteroatoms. The Morgan fingerprint density at radius 2 is 1.90 bits per heavy atom. The summed E-state index contributed by atoms with van der Waals surface area (Å²) in [6, 6.07) is 7.69. The minimum Gasteiger partial charge on any atom is -0.438 e. The Balaban J connectivity index is 1.63. The lowest BCUT2D eigenvalue weighted by Gasteiger charge is -2.26. The van der Waals surface area contributed by atoms with Crippen LogP contribution in [0.4, 0.5) is 18.9 Å². The van der Waals surface area contributed by atoms with E-state index in [1.807, 2.05) is 0 Å². The highest BCUT2D eigenvalue weighted by atomic mass is 32.2. The molecule has 12 nitrogen and oxygen atoms in total. The minimum atomic E-state index is -4.53. The van der Waals surface area contributed by atoms with Crippen LogP contribution in [0.1, 0.15) is 34.1 Å². The molecular weight excluding hydrogens is 571 g/mol. The third kappa shape index (κ3) is 6.49. The number of nitrogens with zero attached hydrogens (tertiary/aromatic N) is 4. The van der Waals surface area contributed by atoms with Crippen molar-refractivity contribution >= 4 is 21.6 Å². The van der Waals surface area contributed by atoms with Crippen LogP contribution in [0.5, 0.6) is 11.6 Å². The number of morpholine rings is 1. The lowest BCUT2D eigenvalue weighted by atomic mass is 10.1. The van der Waals surface area contributed by atoms with Gasteiger partial charge in [0.2, 0.25) is 15.9 Å². The van der Waals surface area contributed by atoms with E-state index in [2.05, 4.69) is 10.4 Å². The van der Waals surface area contributed by atoms with Gasteiger partial charge in [0.05, 0.1) is 23.7 Å². The summed E-state index contributed by atoms with van der Waals surface area (Å²) >= 11 is 0. The number of ether oxygens (including phenoxy) is 2. The summed E-state index contributed by atoms with van der Waals surface area (Å²) in [7, 11) is -4.23. The van der Waals surface area contributed by atoms with Gasteiger partial charge in [0.1, 0.15) is 10.6 Å². The van der Waals surface area contributed by atoms with E-state index in [1.54, 1.807) is 6.92 Å². The monoisotopic (exact) mass is 597 g/mol. The molecule has 1 fully saturated rings. The van der Waals surface area contributed by atoms with Gasteiger partial charge in [0, 0.05) is 43.9 Å². The second-order valence-corrected chi connectivity index (χ2v) is 10.9. The number of hydrogen-bond acceptors (Lipinski definition) is 8. The van der Waals surface area contributed by atoms with Gasteiger partial charge in [-0.2, -0.15) is 22.6 Å². The second-order valence-electron chi connectivity index (χ2n) is 8.98. The molecule has 0 aliphatic carbocycles. The van der Waals surface area contributed by atoms with Crippen LogP contribution in [0.2, 0.25) is 0 Å². The molecule has 41 heavy (non-hydrogen) atoms. The van der Waals surface area contributed by atoms with Gasteiger partial charge in [-0.25, -0.2) is 13.1 Å². The number of carbonyl (C=O) groups is 1. The normalized spacial score (nSPS) is 14.6. The quantitative estimate of drug-likeness (QED) is 0.289. The molecular formula is C25H26F3N5O7S. The summed E-state index contributed by atoms with van der Waals surface area (Å²) in [4.78, 5) is 23.2. The average Bonchev–Trinajstić information content (AvgIpc) is 3.26. The van der Waals surface area contributed by atoms with Crippen molar-refractivity contribution in [3.63, 3.8) is 0 Å². The molecule has 0 saturated carbocycles. The van der Waals surface area contributed by atoms with Crippen LogP contribution in [-0.4, -0.2) is 59.6 Å². The van der Waals surface area contributed by atoms with Gasteiger partial charge in [-0.05, 0) is 37.6 Å². The van der Waals surface area contributed by atoms with Crippen molar-refractivity contribution in [2.24, 2.45) is 0 Å². The van der Waals surface area contributed by atoms with E-state index in [-0.39, 0.29) is 67.8 Å². The molecule has 2 heterocycles. The first-order chi connectivity index (χ1) is 19.3. The summed E-state index contributed by atoms with van der Waals surface area (Å²) in [5.74, 6) is -0.887. The van der Waals surface area contributed by atoms with Gasteiger partial charge in [-0.3, -0.25) is 14.9 Å². The van der Waals surface area contributed by atoms with Crippen molar-refractivity contribution < 1.29 is 40.8 Å². The van der Waals surface area contributed by atoms with Crippen molar-refractivity contribution in [2.45, 2.75) is 38.0 Å². The second kappa shape index (κ2) is 11.8. The number of carbonyl (C=O) groups excluding carboxylic acids is 1. The van der Waals surface area contributed by atoms with Crippen LogP contribution in [0.15, 0.2) is 47.4 Å². The van der Waals surface area contributed by atoms with Crippen molar-refractivity contribution in [1.29, 1.82) is 0 Å². The van der Waals surface area contributed by atoms with Crippen LogP contribution in [-0.2, 0) is 34.0 Å². The maximum absolute atomic E-state index is 13.4. The van der Waals surface area contributed by atoms with Crippen LogP contribution in [0.3, 0.4) is 0 Å². The maximum atomic E-state index is 13.4. The van der Waals surface area contributed by atoms with E-state index in [0.717, 1.165) is 34.6 Å². The lowest BCUT2D eigenvalue weighted by molar-refractivity contribution is -0.385. The molecule has 0 spiro atoms. The predicted octanol–water partition coefficient (Wildman–Crippen LogP) is 3.88. The van der Waals surface area contributed by atoms with Crippen LogP contribution >= 0.6 is 0 Å². The van der Waals surface area contributed by atoms with Crippen molar-refractivity contribution in [3.05, 3.63) is 75.0 Å². The Bertz CT molecular complexity index is 1570.